The maximum absolute atomic E-state index is 7.99. The van der Waals surface area contributed by atoms with E-state index in [2.05, 4.69) is 119 Å². The summed E-state index contributed by atoms with van der Waals surface area (Å²) in [6.07, 6.45) is 0. The van der Waals surface area contributed by atoms with Gasteiger partial charge < -0.3 is 13.4 Å². The number of hydrogen-bond acceptors (Lipinski definition) is 2. The number of aromatic nitrogens is 1. The summed E-state index contributed by atoms with van der Waals surface area (Å²) in [5.41, 5.74) is 11.0. The van der Waals surface area contributed by atoms with Crippen molar-refractivity contribution < 1.29 is 8.83 Å². The fourth-order valence-electron chi connectivity index (χ4n) is 7.31. The first-order chi connectivity index (χ1) is 23.3. The van der Waals surface area contributed by atoms with Crippen molar-refractivity contribution in [2.45, 2.75) is 0 Å². The average Bonchev–Trinajstić information content (AvgIpc) is 3.81. The first-order valence-electron chi connectivity index (χ1n) is 15.6. The monoisotopic (exact) mass is 600 g/mol. The molecule has 0 amide bonds. The molecule has 4 heteroatoms. The molecule has 0 bridgehead atoms. The van der Waals surface area contributed by atoms with Crippen LogP contribution in [0.4, 0.5) is 5.69 Å². The van der Waals surface area contributed by atoms with Crippen LogP contribution in [0.3, 0.4) is 0 Å². The van der Waals surface area contributed by atoms with E-state index in [1.807, 2.05) is 36.4 Å². The molecule has 47 heavy (non-hydrogen) atoms. The van der Waals surface area contributed by atoms with E-state index in [0.29, 0.717) is 11.3 Å². The number of benzene rings is 7. The Morgan fingerprint density at radius 2 is 1.21 bits per heavy atom. The molecule has 10 aromatic rings. The van der Waals surface area contributed by atoms with Crippen LogP contribution in [0, 0.1) is 6.57 Å². The molecule has 218 valence electrons. The molecule has 0 aliphatic heterocycles. The van der Waals surface area contributed by atoms with Gasteiger partial charge in [-0.3, -0.25) is 0 Å². The van der Waals surface area contributed by atoms with Crippen LogP contribution in [-0.2, 0) is 0 Å². The van der Waals surface area contributed by atoms with E-state index in [0.717, 1.165) is 66.1 Å². The quantitative estimate of drug-likeness (QED) is 0.189. The minimum absolute atomic E-state index is 0.491. The Hall–Kier alpha value is -6.57. The highest BCUT2D eigenvalue weighted by molar-refractivity contribution is 6.19. The molecule has 4 nitrogen and oxygen atoms in total. The van der Waals surface area contributed by atoms with Gasteiger partial charge in [0.2, 0.25) is 5.69 Å². The first kappa shape index (κ1) is 25.7. The minimum atomic E-state index is 0.491. The van der Waals surface area contributed by atoms with Gasteiger partial charge in [-0.1, -0.05) is 103 Å². The van der Waals surface area contributed by atoms with Crippen LogP contribution in [0.5, 0.6) is 0 Å². The first-order valence-corrected chi connectivity index (χ1v) is 15.6. The third-order valence-electron chi connectivity index (χ3n) is 9.44. The molecular weight excluding hydrogens is 576 g/mol. The highest BCUT2D eigenvalue weighted by Crippen LogP contribution is 2.45. The van der Waals surface area contributed by atoms with Crippen molar-refractivity contribution in [3.63, 3.8) is 0 Å². The largest absolute Gasteiger partial charge is 0.465 e. The SMILES string of the molecule is [C-]#[N+]c1ccc(-c2ccc3c(c2)oc2ccccc23)c2c1oc1c(-n3c4ccccc4c4cc(-c5ccccc5)ccc43)cccc12. The van der Waals surface area contributed by atoms with Gasteiger partial charge in [0.05, 0.1) is 23.3 Å². The van der Waals surface area contributed by atoms with Crippen molar-refractivity contribution in [3.05, 3.63) is 157 Å². The molecule has 0 radical (unpaired) electrons. The van der Waals surface area contributed by atoms with E-state index in [1.165, 1.54) is 21.9 Å². The second-order valence-corrected chi connectivity index (χ2v) is 12.0. The summed E-state index contributed by atoms with van der Waals surface area (Å²) in [6.45, 7) is 7.99. The van der Waals surface area contributed by atoms with Crippen LogP contribution < -0.4 is 0 Å². The average molecular weight is 601 g/mol. The van der Waals surface area contributed by atoms with Crippen molar-refractivity contribution >= 4 is 71.4 Å². The van der Waals surface area contributed by atoms with E-state index < -0.39 is 0 Å². The van der Waals surface area contributed by atoms with E-state index in [-0.39, 0.29) is 0 Å². The number of rotatable bonds is 3. The van der Waals surface area contributed by atoms with Gasteiger partial charge in [0.15, 0.2) is 5.58 Å². The summed E-state index contributed by atoms with van der Waals surface area (Å²) in [7, 11) is 0. The van der Waals surface area contributed by atoms with Gasteiger partial charge in [-0.2, -0.15) is 0 Å². The zero-order chi connectivity index (χ0) is 31.1. The summed E-state index contributed by atoms with van der Waals surface area (Å²) in [6, 6.07) is 50.4. The number of fused-ring (bicyclic) bond motifs is 9. The van der Waals surface area contributed by atoms with Crippen molar-refractivity contribution in [3.8, 4) is 27.9 Å². The Kier molecular flexibility index (Phi) is 5.32. The van der Waals surface area contributed by atoms with Gasteiger partial charge in [0.25, 0.3) is 0 Å². The van der Waals surface area contributed by atoms with Gasteiger partial charge >= 0.3 is 0 Å². The Balaban J connectivity index is 1.24. The van der Waals surface area contributed by atoms with E-state index in [9.17, 15) is 0 Å². The van der Waals surface area contributed by atoms with Gasteiger partial charge in [0.1, 0.15) is 16.7 Å². The molecule has 0 fully saturated rings. The van der Waals surface area contributed by atoms with Crippen LogP contribution >= 0.6 is 0 Å². The van der Waals surface area contributed by atoms with Crippen LogP contribution in [0.1, 0.15) is 0 Å². The van der Waals surface area contributed by atoms with Crippen molar-refractivity contribution in [1.82, 2.24) is 4.57 Å². The Labute approximate surface area is 269 Å². The Morgan fingerprint density at radius 3 is 2.11 bits per heavy atom. The van der Waals surface area contributed by atoms with Crippen molar-refractivity contribution in [1.29, 1.82) is 0 Å². The van der Waals surface area contributed by atoms with Crippen LogP contribution in [0.25, 0.3) is 98.5 Å². The topological polar surface area (TPSA) is 35.6 Å². The van der Waals surface area contributed by atoms with Gasteiger partial charge in [-0.15, -0.1) is 0 Å². The van der Waals surface area contributed by atoms with Crippen LogP contribution in [-0.4, -0.2) is 4.57 Å². The van der Waals surface area contributed by atoms with Crippen molar-refractivity contribution in [2.75, 3.05) is 0 Å². The lowest BCUT2D eigenvalue weighted by atomic mass is 9.97. The number of para-hydroxylation sites is 3. The third kappa shape index (κ3) is 3.69. The maximum Gasteiger partial charge on any atom is 0.229 e. The molecule has 0 aliphatic carbocycles. The van der Waals surface area contributed by atoms with Gasteiger partial charge in [-0.25, -0.2) is 4.85 Å². The van der Waals surface area contributed by atoms with E-state index in [1.54, 1.807) is 0 Å². The molecule has 10 rings (SSSR count). The predicted octanol–water partition coefficient (Wildman–Crippen LogP) is 12.5. The maximum atomic E-state index is 7.99. The fourth-order valence-corrected chi connectivity index (χ4v) is 7.31. The summed E-state index contributed by atoms with van der Waals surface area (Å²) in [4.78, 5) is 3.87. The molecule has 0 unspecified atom stereocenters. The normalized spacial score (nSPS) is 11.8. The lowest BCUT2D eigenvalue weighted by molar-refractivity contribution is 0.668. The molecule has 3 heterocycles. The summed E-state index contributed by atoms with van der Waals surface area (Å²) in [5, 5.41) is 6.43. The molecule has 7 aromatic carbocycles. The molecule has 3 aromatic heterocycles. The Morgan fingerprint density at radius 1 is 0.468 bits per heavy atom. The molecule has 0 spiro atoms. The molecule has 0 saturated carbocycles. The number of furan rings is 2. The smallest absolute Gasteiger partial charge is 0.229 e. The van der Waals surface area contributed by atoms with Crippen LogP contribution in [0.15, 0.2) is 154 Å². The molecule has 0 saturated heterocycles. The fraction of sp³-hybridized carbons (Fsp3) is 0. The molecular formula is C43H24N2O2. The van der Waals surface area contributed by atoms with E-state index >= 15 is 0 Å². The Bertz CT molecular complexity index is 2920. The zero-order valence-corrected chi connectivity index (χ0v) is 25.1. The highest BCUT2D eigenvalue weighted by atomic mass is 16.3. The van der Waals surface area contributed by atoms with Gasteiger partial charge in [-0.05, 0) is 64.7 Å². The zero-order valence-electron chi connectivity index (χ0n) is 25.1. The third-order valence-corrected chi connectivity index (χ3v) is 9.44. The summed E-state index contributed by atoms with van der Waals surface area (Å²) < 4.78 is 15.3. The number of hydrogen-bond donors (Lipinski definition) is 0. The second kappa shape index (κ2) is 9.71. The van der Waals surface area contributed by atoms with Crippen molar-refractivity contribution in [2.24, 2.45) is 0 Å². The summed E-state index contributed by atoms with van der Waals surface area (Å²) in [5.74, 6) is 0. The standard InChI is InChI=1S/C43H24N2O2/c1-44-35-22-21-29(28-18-20-32-31-13-6-8-17-39(31)46-40(32)25-28)41-33-14-9-16-38(42(33)47-43(35)41)45-36-15-7-5-12-30(36)34-24-27(19-23-37(34)45)26-10-3-2-4-11-26/h2-25H. The second-order valence-electron chi connectivity index (χ2n) is 12.0. The molecule has 0 N–H and O–H groups in total. The lowest BCUT2D eigenvalue weighted by Gasteiger charge is -2.09. The number of nitrogens with zero attached hydrogens (tertiary/aromatic N) is 2. The van der Waals surface area contributed by atoms with Crippen LogP contribution in [0.2, 0.25) is 0 Å². The van der Waals surface area contributed by atoms with Gasteiger partial charge in [0, 0.05) is 32.3 Å². The van der Waals surface area contributed by atoms with E-state index in [4.69, 9.17) is 15.4 Å². The lowest BCUT2D eigenvalue weighted by Crippen LogP contribution is -1.94. The predicted molar refractivity (Wildman–Crippen MR) is 192 cm³/mol. The summed E-state index contributed by atoms with van der Waals surface area (Å²) >= 11 is 0. The molecule has 0 atom stereocenters. The highest BCUT2D eigenvalue weighted by Gasteiger charge is 2.22. The molecule has 0 aliphatic rings. The minimum Gasteiger partial charge on any atom is -0.465 e.